The number of rotatable bonds is 3. The van der Waals surface area contributed by atoms with Crippen molar-refractivity contribution in [1.29, 1.82) is 0 Å². The molecule has 1 amide bonds. The summed E-state index contributed by atoms with van der Waals surface area (Å²) in [4.78, 5) is 12.3. The molecule has 108 valence electrons. The molecular weight excluding hydrogens is 334 g/mol. The maximum Gasteiger partial charge on any atom is 0.251 e. The topological polar surface area (TPSA) is 47.6 Å². The molecule has 0 radical (unpaired) electrons. The fraction of sp³-hybridized carbons (Fsp3) is 0.188. The van der Waals surface area contributed by atoms with Crippen LogP contribution in [0.3, 0.4) is 0 Å². The Labute approximate surface area is 131 Å². The number of carbonyl (C=O) groups is 1. The lowest BCUT2D eigenvalue weighted by atomic mass is 10.1. The van der Waals surface area contributed by atoms with Crippen molar-refractivity contribution in [3.05, 3.63) is 58.1 Å². The van der Waals surface area contributed by atoms with Gasteiger partial charge < -0.3 is 14.8 Å². The highest BCUT2D eigenvalue weighted by atomic mass is 79.9. The van der Waals surface area contributed by atoms with Crippen LogP contribution in [0.2, 0.25) is 0 Å². The molecule has 0 saturated heterocycles. The Morgan fingerprint density at radius 3 is 2.76 bits per heavy atom. The molecule has 1 heterocycles. The Balaban J connectivity index is 1.76. The Kier molecular flexibility index (Phi) is 3.84. The summed E-state index contributed by atoms with van der Waals surface area (Å²) in [6.45, 7) is 2.15. The van der Waals surface area contributed by atoms with Crippen LogP contribution in [-0.4, -0.2) is 12.7 Å². The molecule has 2 aromatic rings. The third-order valence-corrected chi connectivity index (χ3v) is 4.08. The van der Waals surface area contributed by atoms with Crippen molar-refractivity contribution in [2.45, 2.75) is 13.0 Å². The van der Waals surface area contributed by atoms with Crippen LogP contribution < -0.4 is 14.8 Å². The summed E-state index contributed by atoms with van der Waals surface area (Å²) in [5.74, 6) is 1.14. The lowest BCUT2D eigenvalue weighted by molar-refractivity contribution is 0.0939. The maximum atomic E-state index is 12.3. The van der Waals surface area contributed by atoms with E-state index in [0.717, 1.165) is 10.0 Å². The molecule has 1 aliphatic heterocycles. The summed E-state index contributed by atoms with van der Waals surface area (Å²) in [6.07, 6.45) is 0. The minimum Gasteiger partial charge on any atom is -0.454 e. The largest absolute Gasteiger partial charge is 0.454 e. The molecule has 0 spiro atoms. The van der Waals surface area contributed by atoms with Crippen molar-refractivity contribution in [2.75, 3.05) is 6.79 Å². The molecule has 3 rings (SSSR count). The molecule has 0 bridgehead atoms. The number of fused-ring (bicyclic) bond motifs is 1. The second-order valence-electron chi connectivity index (χ2n) is 4.78. The average Bonchev–Trinajstić information content (AvgIpc) is 2.94. The van der Waals surface area contributed by atoms with E-state index in [1.807, 2.05) is 31.2 Å². The monoisotopic (exact) mass is 347 g/mol. The van der Waals surface area contributed by atoms with Gasteiger partial charge in [-0.3, -0.25) is 4.79 Å². The van der Waals surface area contributed by atoms with Gasteiger partial charge in [0.05, 0.1) is 6.04 Å². The van der Waals surface area contributed by atoms with Gasteiger partial charge in [0.15, 0.2) is 11.5 Å². The van der Waals surface area contributed by atoms with Crippen LogP contribution in [0.25, 0.3) is 0 Å². The van der Waals surface area contributed by atoms with Crippen LogP contribution in [0.15, 0.2) is 46.9 Å². The van der Waals surface area contributed by atoms with Crippen LogP contribution in [0, 0.1) is 0 Å². The molecular formula is C16H14BrNO3. The van der Waals surface area contributed by atoms with Crippen LogP contribution in [0.4, 0.5) is 0 Å². The van der Waals surface area contributed by atoms with E-state index in [0.29, 0.717) is 17.1 Å². The predicted octanol–water partition coefficient (Wildman–Crippen LogP) is 3.67. The van der Waals surface area contributed by atoms with Gasteiger partial charge in [-0.2, -0.15) is 0 Å². The number of nitrogens with one attached hydrogen (secondary N) is 1. The van der Waals surface area contributed by atoms with Gasteiger partial charge in [0.25, 0.3) is 5.91 Å². The first-order chi connectivity index (χ1) is 10.1. The lowest BCUT2D eigenvalue weighted by Gasteiger charge is -2.16. The van der Waals surface area contributed by atoms with Crippen molar-refractivity contribution in [3.8, 4) is 11.5 Å². The zero-order valence-electron chi connectivity index (χ0n) is 11.4. The standard InChI is InChI=1S/C16H14BrNO3/c1-10(12-4-2-3-5-13(12)17)18-16(19)11-6-7-14-15(8-11)21-9-20-14/h2-8,10H,9H2,1H3,(H,18,19)/t10-/m1/s1. The molecule has 21 heavy (non-hydrogen) atoms. The van der Waals surface area contributed by atoms with E-state index < -0.39 is 0 Å². The molecule has 0 aromatic heterocycles. The van der Waals surface area contributed by atoms with Gasteiger partial charge in [-0.1, -0.05) is 34.1 Å². The predicted molar refractivity (Wildman–Crippen MR) is 82.6 cm³/mol. The second-order valence-corrected chi connectivity index (χ2v) is 5.64. The Morgan fingerprint density at radius 2 is 1.95 bits per heavy atom. The zero-order valence-corrected chi connectivity index (χ0v) is 13.0. The third-order valence-electron chi connectivity index (χ3n) is 3.35. The van der Waals surface area contributed by atoms with Gasteiger partial charge in [-0.25, -0.2) is 0 Å². The van der Waals surface area contributed by atoms with Crippen molar-refractivity contribution in [1.82, 2.24) is 5.32 Å². The van der Waals surface area contributed by atoms with Gasteiger partial charge in [-0.15, -0.1) is 0 Å². The van der Waals surface area contributed by atoms with Crippen LogP contribution >= 0.6 is 15.9 Å². The molecule has 1 aliphatic rings. The number of halogens is 1. The van der Waals surface area contributed by atoms with E-state index in [4.69, 9.17) is 9.47 Å². The smallest absolute Gasteiger partial charge is 0.251 e. The second kappa shape index (κ2) is 5.77. The third kappa shape index (κ3) is 2.88. The number of hydrogen-bond acceptors (Lipinski definition) is 3. The summed E-state index contributed by atoms with van der Waals surface area (Å²) in [7, 11) is 0. The molecule has 0 unspecified atom stereocenters. The molecule has 0 saturated carbocycles. The lowest BCUT2D eigenvalue weighted by Crippen LogP contribution is -2.26. The van der Waals surface area contributed by atoms with Crippen molar-refractivity contribution in [2.24, 2.45) is 0 Å². The first-order valence-corrected chi connectivity index (χ1v) is 7.39. The van der Waals surface area contributed by atoms with E-state index in [1.54, 1.807) is 18.2 Å². The molecule has 0 fully saturated rings. The fourth-order valence-corrected chi connectivity index (χ4v) is 2.85. The molecule has 2 aromatic carbocycles. The first-order valence-electron chi connectivity index (χ1n) is 6.60. The minimum atomic E-state index is -0.142. The van der Waals surface area contributed by atoms with Crippen LogP contribution in [0.5, 0.6) is 11.5 Å². The summed E-state index contributed by atoms with van der Waals surface area (Å²) in [6, 6.07) is 12.9. The highest BCUT2D eigenvalue weighted by molar-refractivity contribution is 9.10. The number of carbonyl (C=O) groups excluding carboxylic acids is 1. The number of amides is 1. The zero-order chi connectivity index (χ0) is 14.8. The van der Waals surface area contributed by atoms with Crippen LogP contribution in [-0.2, 0) is 0 Å². The van der Waals surface area contributed by atoms with Gasteiger partial charge >= 0.3 is 0 Å². The normalized spacial score (nSPS) is 13.8. The first kappa shape index (κ1) is 13.9. The Bertz CT molecular complexity index is 687. The van der Waals surface area contributed by atoms with E-state index in [2.05, 4.69) is 21.2 Å². The number of hydrogen-bond donors (Lipinski definition) is 1. The van der Waals surface area contributed by atoms with Crippen molar-refractivity contribution >= 4 is 21.8 Å². The minimum absolute atomic E-state index is 0.0986. The number of benzene rings is 2. The highest BCUT2D eigenvalue weighted by Crippen LogP contribution is 2.32. The average molecular weight is 348 g/mol. The van der Waals surface area contributed by atoms with Crippen molar-refractivity contribution < 1.29 is 14.3 Å². The molecule has 1 atom stereocenters. The van der Waals surface area contributed by atoms with E-state index in [1.165, 1.54) is 0 Å². The molecule has 4 nitrogen and oxygen atoms in total. The molecule has 0 aliphatic carbocycles. The quantitative estimate of drug-likeness (QED) is 0.921. The molecule has 5 heteroatoms. The van der Waals surface area contributed by atoms with Crippen LogP contribution in [0.1, 0.15) is 28.9 Å². The Morgan fingerprint density at radius 1 is 1.19 bits per heavy atom. The fourth-order valence-electron chi connectivity index (χ4n) is 2.22. The van der Waals surface area contributed by atoms with Gasteiger partial charge in [-0.05, 0) is 36.8 Å². The summed E-state index contributed by atoms with van der Waals surface area (Å²) in [5.41, 5.74) is 1.59. The highest BCUT2D eigenvalue weighted by Gasteiger charge is 2.18. The molecule has 1 N–H and O–H groups in total. The summed E-state index contributed by atoms with van der Waals surface area (Å²) < 4.78 is 11.5. The number of ether oxygens (including phenoxy) is 2. The van der Waals surface area contributed by atoms with E-state index >= 15 is 0 Å². The van der Waals surface area contributed by atoms with Crippen molar-refractivity contribution in [3.63, 3.8) is 0 Å². The Hall–Kier alpha value is -2.01. The van der Waals surface area contributed by atoms with Gasteiger partial charge in [0, 0.05) is 10.0 Å². The van der Waals surface area contributed by atoms with Gasteiger partial charge in [0.1, 0.15) is 0 Å². The SMILES string of the molecule is C[C@@H](NC(=O)c1ccc2c(c1)OCO2)c1ccccc1Br. The van der Waals surface area contributed by atoms with E-state index in [-0.39, 0.29) is 18.7 Å². The summed E-state index contributed by atoms with van der Waals surface area (Å²) >= 11 is 3.50. The summed E-state index contributed by atoms with van der Waals surface area (Å²) in [5, 5.41) is 2.98. The van der Waals surface area contributed by atoms with Gasteiger partial charge in [0.2, 0.25) is 6.79 Å². The van der Waals surface area contributed by atoms with E-state index in [9.17, 15) is 4.79 Å². The maximum absolute atomic E-state index is 12.3.